The minimum atomic E-state index is -4.20. The molecule has 0 fully saturated rings. The molecule has 8 nitrogen and oxygen atoms in total. The summed E-state index contributed by atoms with van der Waals surface area (Å²) in [7, 11) is -4.20. The second-order valence-electron chi connectivity index (χ2n) is 10.4. The fraction of sp³-hybridized carbons (Fsp3) is 0.257. The SMILES string of the molecule is CCNC(=O)[C@H](Cc1ccccc1)N(Cc1cccc(Br)c1)C(=O)CN(c1ccc(OCC)cc1)S(=O)(=O)c1ccc(SC)cc1. The number of likely N-dealkylation sites (N-methyl/N-ethyl adjacent to an activating group) is 1. The zero-order valence-corrected chi connectivity index (χ0v) is 29.3. The number of benzene rings is 4. The highest BCUT2D eigenvalue weighted by atomic mass is 79.9. The molecule has 1 N–H and O–H groups in total. The monoisotopic (exact) mass is 723 g/mol. The highest BCUT2D eigenvalue weighted by Crippen LogP contribution is 2.28. The minimum absolute atomic E-state index is 0.0510. The summed E-state index contributed by atoms with van der Waals surface area (Å²) in [4.78, 5) is 30.6. The third kappa shape index (κ3) is 9.14. The fourth-order valence-electron chi connectivity index (χ4n) is 4.96. The normalized spacial score (nSPS) is 11.8. The van der Waals surface area contributed by atoms with Crippen molar-refractivity contribution in [1.82, 2.24) is 10.2 Å². The quantitative estimate of drug-likeness (QED) is 0.140. The number of nitrogens with one attached hydrogen (secondary N) is 1. The second-order valence-corrected chi connectivity index (χ2v) is 14.0. The molecule has 0 saturated carbocycles. The predicted molar refractivity (Wildman–Crippen MR) is 188 cm³/mol. The molecule has 0 aromatic heterocycles. The molecule has 0 unspecified atom stereocenters. The minimum Gasteiger partial charge on any atom is -0.494 e. The molecule has 11 heteroatoms. The highest BCUT2D eigenvalue weighted by Gasteiger charge is 2.34. The van der Waals surface area contributed by atoms with E-state index in [2.05, 4.69) is 21.2 Å². The molecule has 0 aliphatic heterocycles. The Bertz CT molecular complexity index is 1700. The summed E-state index contributed by atoms with van der Waals surface area (Å²) in [6, 6.07) is 29.2. The number of ether oxygens (including phenoxy) is 1. The van der Waals surface area contributed by atoms with Crippen LogP contribution in [0.25, 0.3) is 0 Å². The Hall–Kier alpha value is -3.80. The first-order valence-electron chi connectivity index (χ1n) is 14.9. The van der Waals surface area contributed by atoms with Gasteiger partial charge in [-0.15, -0.1) is 11.8 Å². The molecule has 4 aromatic carbocycles. The zero-order valence-electron chi connectivity index (χ0n) is 26.1. The Balaban J connectivity index is 1.79. The number of amides is 2. The first-order valence-corrected chi connectivity index (χ1v) is 18.4. The van der Waals surface area contributed by atoms with E-state index < -0.39 is 28.5 Å². The zero-order chi connectivity index (χ0) is 33.1. The van der Waals surface area contributed by atoms with Gasteiger partial charge in [-0.1, -0.05) is 58.4 Å². The number of hydrogen-bond donors (Lipinski definition) is 1. The van der Waals surface area contributed by atoms with E-state index in [1.54, 1.807) is 48.5 Å². The lowest BCUT2D eigenvalue weighted by molar-refractivity contribution is -0.140. The molecule has 0 spiro atoms. The highest BCUT2D eigenvalue weighted by molar-refractivity contribution is 9.10. The lowest BCUT2D eigenvalue weighted by Gasteiger charge is -2.34. The Kier molecular flexibility index (Phi) is 12.7. The number of hydrogen-bond acceptors (Lipinski definition) is 6. The molecular weight excluding hydrogens is 686 g/mol. The van der Waals surface area contributed by atoms with Crippen LogP contribution in [-0.2, 0) is 32.6 Å². The van der Waals surface area contributed by atoms with E-state index in [9.17, 15) is 18.0 Å². The van der Waals surface area contributed by atoms with Crippen molar-refractivity contribution in [3.05, 3.63) is 119 Å². The van der Waals surface area contributed by atoms with Crippen LogP contribution in [0, 0.1) is 0 Å². The van der Waals surface area contributed by atoms with E-state index in [-0.39, 0.29) is 23.8 Å². The van der Waals surface area contributed by atoms with Crippen molar-refractivity contribution in [1.29, 1.82) is 0 Å². The summed E-state index contributed by atoms with van der Waals surface area (Å²) < 4.78 is 36.0. The van der Waals surface area contributed by atoms with Crippen LogP contribution in [0.4, 0.5) is 5.69 Å². The second kappa shape index (κ2) is 16.7. The van der Waals surface area contributed by atoms with E-state index in [1.165, 1.54) is 16.7 Å². The van der Waals surface area contributed by atoms with Crippen LogP contribution in [0.2, 0.25) is 0 Å². The number of carbonyl (C=O) groups excluding carboxylic acids is 2. The Morgan fingerprint density at radius 1 is 0.891 bits per heavy atom. The van der Waals surface area contributed by atoms with E-state index >= 15 is 0 Å². The molecule has 1 atom stereocenters. The number of anilines is 1. The van der Waals surface area contributed by atoms with Crippen molar-refractivity contribution >= 4 is 55.2 Å². The molecule has 0 aliphatic carbocycles. The molecule has 0 saturated heterocycles. The molecule has 242 valence electrons. The first kappa shape index (κ1) is 35.1. The van der Waals surface area contributed by atoms with E-state index in [4.69, 9.17) is 4.74 Å². The Morgan fingerprint density at radius 3 is 2.17 bits per heavy atom. The van der Waals surface area contributed by atoms with Gasteiger partial charge < -0.3 is 15.0 Å². The van der Waals surface area contributed by atoms with E-state index in [0.29, 0.717) is 24.6 Å². The molecule has 0 radical (unpaired) electrons. The lowest BCUT2D eigenvalue weighted by Crippen LogP contribution is -2.53. The molecule has 0 aliphatic rings. The number of rotatable bonds is 15. The van der Waals surface area contributed by atoms with Crippen molar-refractivity contribution in [3.63, 3.8) is 0 Å². The molecule has 2 amide bonds. The average Bonchev–Trinajstić information content (AvgIpc) is 3.06. The number of thioether (sulfide) groups is 1. The number of carbonyl (C=O) groups is 2. The third-order valence-electron chi connectivity index (χ3n) is 7.23. The Labute approximate surface area is 284 Å². The summed E-state index contributed by atoms with van der Waals surface area (Å²) in [5.41, 5.74) is 1.95. The van der Waals surface area contributed by atoms with Gasteiger partial charge in [0, 0.05) is 28.9 Å². The van der Waals surface area contributed by atoms with Crippen molar-refractivity contribution in [2.75, 3.05) is 30.3 Å². The van der Waals surface area contributed by atoms with Gasteiger partial charge in [-0.05, 0) is 91.9 Å². The van der Waals surface area contributed by atoms with Crippen LogP contribution in [0.5, 0.6) is 5.75 Å². The smallest absolute Gasteiger partial charge is 0.264 e. The van der Waals surface area contributed by atoms with Gasteiger partial charge in [0.25, 0.3) is 10.0 Å². The molecule has 0 bridgehead atoms. The maximum atomic E-state index is 14.5. The van der Waals surface area contributed by atoms with Crippen molar-refractivity contribution in [2.45, 2.75) is 42.6 Å². The maximum absolute atomic E-state index is 14.5. The van der Waals surface area contributed by atoms with Crippen LogP contribution < -0.4 is 14.4 Å². The number of sulfonamides is 1. The van der Waals surface area contributed by atoms with Gasteiger partial charge in [0.2, 0.25) is 11.8 Å². The van der Waals surface area contributed by atoms with Gasteiger partial charge in [0.1, 0.15) is 18.3 Å². The van der Waals surface area contributed by atoms with Crippen molar-refractivity contribution in [2.24, 2.45) is 0 Å². The molecule has 4 aromatic rings. The average molecular weight is 725 g/mol. The van der Waals surface area contributed by atoms with Crippen LogP contribution in [-0.4, -0.2) is 57.1 Å². The summed E-state index contributed by atoms with van der Waals surface area (Å²) >= 11 is 5.00. The van der Waals surface area contributed by atoms with Crippen LogP contribution in [0.1, 0.15) is 25.0 Å². The summed E-state index contributed by atoms with van der Waals surface area (Å²) in [6.45, 7) is 4.07. The summed E-state index contributed by atoms with van der Waals surface area (Å²) in [5.74, 6) is -0.266. The first-order chi connectivity index (χ1) is 22.2. The lowest BCUT2D eigenvalue weighted by atomic mass is 10.0. The van der Waals surface area contributed by atoms with E-state index in [1.807, 2.05) is 74.7 Å². The van der Waals surface area contributed by atoms with Crippen LogP contribution in [0.15, 0.2) is 117 Å². The predicted octanol–water partition coefficient (Wildman–Crippen LogP) is 6.54. The van der Waals surface area contributed by atoms with Gasteiger partial charge in [-0.2, -0.15) is 0 Å². The maximum Gasteiger partial charge on any atom is 0.264 e. The van der Waals surface area contributed by atoms with Gasteiger partial charge in [0.15, 0.2) is 0 Å². The van der Waals surface area contributed by atoms with Crippen LogP contribution in [0.3, 0.4) is 0 Å². The van der Waals surface area contributed by atoms with Crippen molar-refractivity contribution < 1.29 is 22.7 Å². The summed E-state index contributed by atoms with van der Waals surface area (Å²) in [5, 5.41) is 2.88. The molecular formula is C35H38BrN3O5S2. The van der Waals surface area contributed by atoms with Crippen LogP contribution >= 0.6 is 27.7 Å². The van der Waals surface area contributed by atoms with Gasteiger partial charge >= 0.3 is 0 Å². The molecule has 0 heterocycles. The summed E-state index contributed by atoms with van der Waals surface area (Å²) in [6.07, 6.45) is 2.16. The molecule has 46 heavy (non-hydrogen) atoms. The topological polar surface area (TPSA) is 96.0 Å². The molecule has 4 rings (SSSR count). The fourth-order valence-corrected chi connectivity index (χ4v) is 7.23. The number of halogens is 1. The standard InChI is InChI=1S/C35H38BrN3O5S2/c1-4-37-35(41)33(23-26-10-7-6-8-11-26)38(24-27-12-9-13-28(36)22-27)34(40)25-39(29-14-16-30(17-15-29)44-5-2)46(42,43)32-20-18-31(45-3)19-21-32/h6-22,33H,4-5,23-25H2,1-3H3,(H,37,41)/t33-/m0/s1. The van der Waals surface area contributed by atoms with Gasteiger partial charge in [-0.3, -0.25) is 13.9 Å². The largest absolute Gasteiger partial charge is 0.494 e. The number of nitrogens with zero attached hydrogens (tertiary/aromatic N) is 2. The third-order valence-corrected chi connectivity index (χ3v) is 10.3. The van der Waals surface area contributed by atoms with Gasteiger partial charge in [-0.25, -0.2) is 8.42 Å². The Morgan fingerprint density at radius 2 is 1.57 bits per heavy atom. The van der Waals surface area contributed by atoms with Crippen molar-refractivity contribution in [3.8, 4) is 5.75 Å². The van der Waals surface area contributed by atoms with Gasteiger partial charge in [0.05, 0.1) is 17.2 Å². The van der Waals surface area contributed by atoms with E-state index in [0.717, 1.165) is 24.8 Å².